The lowest BCUT2D eigenvalue weighted by Crippen LogP contribution is -2.11. The van der Waals surface area contributed by atoms with Crippen LogP contribution >= 0.6 is 0 Å². The molecule has 0 N–H and O–H groups in total. The van der Waals surface area contributed by atoms with Gasteiger partial charge in [0.1, 0.15) is 0 Å². The maximum Gasteiger partial charge on any atom is -0.0213 e. The molecule has 0 heterocycles. The fraction of sp³-hybridized carbons (Fsp3) is 0.889. The first-order valence-electron chi connectivity index (χ1n) is 3.85. The second kappa shape index (κ2) is 2.00. The maximum atomic E-state index is 2.35. The van der Waals surface area contributed by atoms with E-state index in [9.17, 15) is 0 Å². The first-order valence-corrected chi connectivity index (χ1v) is 3.85. The van der Waals surface area contributed by atoms with Crippen molar-refractivity contribution in [1.29, 1.82) is 0 Å². The van der Waals surface area contributed by atoms with Crippen LogP contribution in [0.4, 0.5) is 0 Å². The molecule has 9 heavy (non-hydrogen) atoms. The monoisotopic (exact) mass is 125 g/mol. The first kappa shape index (κ1) is 7.11. The molecule has 1 aliphatic rings. The predicted molar refractivity (Wildman–Crippen MR) is 41.1 cm³/mol. The third-order valence-electron chi connectivity index (χ3n) is 2.67. The maximum absolute atomic E-state index is 2.35. The quantitative estimate of drug-likeness (QED) is 0.467. The Morgan fingerprint density at radius 2 is 2.00 bits per heavy atom. The van der Waals surface area contributed by atoms with Crippen LogP contribution in [0.3, 0.4) is 0 Å². The van der Waals surface area contributed by atoms with Gasteiger partial charge in [0.15, 0.2) is 0 Å². The zero-order valence-corrected chi connectivity index (χ0v) is 6.99. The molecular weight excluding hydrogens is 108 g/mol. The van der Waals surface area contributed by atoms with Gasteiger partial charge in [-0.15, -0.1) is 0 Å². The van der Waals surface area contributed by atoms with E-state index in [0.717, 1.165) is 5.92 Å². The van der Waals surface area contributed by atoms with Crippen molar-refractivity contribution in [3.05, 3.63) is 5.92 Å². The number of hydrogen-bond acceptors (Lipinski definition) is 0. The first-order chi connectivity index (χ1) is 4.02. The van der Waals surface area contributed by atoms with Gasteiger partial charge in [0.05, 0.1) is 0 Å². The highest BCUT2D eigenvalue weighted by molar-refractivity contribution is 5.06. The summed E-state index contributed by atoms with van der Waals surface area (Å²) >= 11 is 0. The van der Waals surface area contributed by atoms with Gasteiger partial charge in [-0.25, -0.2) is 0 Å². The van der Waals surface area contributed by atoms with E-state index >= 15 is 0 Å². The average molecular weight is 125 g/mol. The van der Waals surface area contributed by atoms with Crippen LogP contribution in [-0.2, 0) is 0 Å². The molecule has 1 rings (SSSR count). The Labute approximate surface area is 58.7 Å². The van der Waals surface area contributed by atoms with E-state index in [4.69, 9.17) is 0 Å². The molecule has 0 amide bonds. The van der Waals surface area contributed by atoms with E-state index in [2.05, 4.69) is 27.7 Å². The minimum Gasteiger partial charge on any atom is -0.0625 e. The Balaban J connectivity index is 2.58. The number of rotatable bonds is 0. The van der Waals surface area contributed by atoms with Gasteiger partial charge in [-0.2, -0.15) is 0 Å². The molecule has 0 bridgehead atoms. The molecule has 0 heteroatoms. The van der Waals surface area contributed by atoms with Crippen LogP contribution in [0.5, 0.6) is 0 Å². The molecule has 1 unspecified atom stereocenters. The molecule has 0 aromatic heterocycles. The Hall–Kier alpha value is 0. The predicted octanol–water partition coefficient (Wildman–Crippen LogP) is 3.04. The van der Waals surface area contributed by atoms with Gasteiger partial charge < -0.3 is 0 Å². The smallest absolute Gasteiger partial charge is 0.0213 e. The molecule has 1 fully saturated rings. The van der Waals surface area contributed by atoms with Gasteiger partial charge in [0.25, 0.3) is 0 Å². The lowest BCUT2D eigenvalue weighted by molar-refractivity contribution is 0.391. The highest BCUT2D eigenvalue weighted by Gasteiger charge is 2.35. The minimum atomic E-state index is 0.541. The Morgan fingerprint density at radius 1 is 1.44 bits per heavy atom. The van der Waals surface area contributed by atoms with Crippen LogP contribution in [-0.4, -0.2) is 0 Å². The van der Waals surface area contributed by atoms with Crippen LogP contribution in [0.1, 0.15) is 40.5 Å². The lowest BCUT2D eigenvalue weighted by atomic mass is 9.83. The third kappa shape index (κ3) is 1.28. The van der Waals surface area contributed by atoms with E-state index < -0.39 is 0 Å². The summed E-state index contributed by atoms with van der Waals surface area (Å²) in [6, 6.07) is 0. The lowest BCUT2D eigenvalue weighted by Gasteiger charge is -2.22. The summed E-state index contributed by atoms with van der Waals surface area (Å²) in [6.07, 6.45) is 2.74. The second-order valence-corrected chi connectivity index (χ2v) is 4.18. The van der Waals surface area contributed by atoms with Crippen LogP contribution in [0.15, 0.2) is 0 Å². The van der Waals surface area contributed by atoms with Crippen molar-refractivity contribution in [2.24, 2.45) is 11.3 Å². The Morgan fingerprint density at radius 3 is 2.11 bits per heavy atom. The molecular formula is C9H17. The van der Waals surface area contributed by atoms with E-state index in [0.29, 0.717) is 5.41 Å². The van der Waals surface area contributed by atoms with E-state index in [1.54, 1.807) is 5.92 Å². The zero-order chi connectivity index (χ0) is 7.07. The minimum absolute atomic E-state index is 0.541. The Bertz CT molecular complexity index is 103. The van der Waals surface area contributed by atoms with E-state index in [1.165, 1.54) is 12.8 Å². The summed E-state index contributed by atoms with van der Waals surface area (Å²) in [5.74, 6) is 2.62. The molecule has 0 nitrogen and oxygen atoms in total. The molecule has 0 aliphatic heterocycles. The molecule has 1 saturated carbocycles. The molecule has 0 spiro atoms. The summed E-state index contributed by atoms with van der Waals surface area (Å²) in [6.45, 7) is 9.35. The standard InChI is InChI=1S/C9H17/c1-7-5-8(2)9(3,4)6-7/h7H,5-6H2,1-4H3. The normalized spacial score (nSPS) is 35.3. The van der Waals surface area contributed by atoms with Crippen molar-refractivity contribution in [2.75, 3.05) is 0 Å². The van der Waals surface area contributed by atoms with Gasteiger partial charge in [-0.05, 0) is 30.1 Å². The van der Waals surface area contributed by atoms with Crippen LogP contribution in [0.2, 0.25) is 0 Å². The van der Waals surface area contributed by atoms with Gasteiger partial charge in [0.2, 0.25) is 0 Å². The van der Waals surface area contributed by atoms with Crippen molar-refractivity contribution >= 4 is 0 Å². The van der Waals surface area contributed by atoms with Gasteiger partial charge >= 0.3 is 0 Å². The topological polar surface area (TPSA) is 0 Å². The molecule has 0 aromatic carbocycles. The summed E-state index contributed by atoms with van der Waals surface area (Å²) in [5.41, 5.74) is 0.541. The highest BCUT2D eigenvalue weighted by Crippen LogP contribution is 2.46. The van der Waals surface area contributed by atoms with Crippen molar-refractivity contribution < 1.29 is 0 Å². The molecule has 0 aromatic rings. The van der Waals surface area contributed by atoms with Crippen LogP contribution in [0, 0.1) is 17.3 Å². The molecule has 1 aliphatic carbocycles. The zero-order valence-electron chi connectivity index (χ0n) is 6.99. The molecule has 1 atom stereocenters. The SMILES string of the molecule is C[C]1CC(C)CC1(C)C. The summed E-state index contributed by atoms with van der Waals surface area (Å²) in [5, 5.41) is 0. The van der Waals surface area contributed by atoms with Crippen LogP contribution in [0.25, 0.3) is 0 Å². The summed E-state index contributed by atoms with van der Waals surface area (Å²) < 4.78 is 0. The van der Waals surface area contributed by atoms with Gasteiger partial charge in [0, 0.05) is 0 Å². The van der Waals surface area contributed by atoms with Crippen molar-refractivity contribution in [2.45, 2.75) is 40.5 Å². The third-order valence-corrected chi connectivity index (χ3v) is 2.67. The fourth-order valence-corrected chi connectivity index (χ4v) is 1.92. The van der Waals surface area contributed by atoms with Gasteiger partial charge in [-0.1, -0.05) is 27.7 Å². The average Bonchev–Trinajstić information content (AvgIpc) is 1.79. The molecule has 0 saturated heterocycles. The largest absolute Gasteiger partial charge is 0.0625 e. The Kier molecular flexibility index (Phi) is 1.58. The van der Waals surface area contributed by atoms with Crippen LogP contribution < -0.4 is 0 Å². The molecule has 1 radical (unpaired) electrons. The second-order valence-electron chi connectivity index (χ2n) is 4.18. The number of hydrogen-bond donors (Lipinski definition) is 0. The van der Waals surface area contributed by atoms with E-state index in [-0.39, 0.29) is 0 Å². The molecule has 53 valence electrons. The highest BCUT2D eigenvalue weighted by atomic mass is 14.4. The van der Waals surface area contributed by atoms with Crippen molar-refractivity contribution in [1.82, 2.24) is 0 Å². The fourth-order valence-electron chi connectivity index (χ4n) is 1.92. The van der Waals surface area contributed by atoms with Crippen molar-refractivity contribution in [3.63, 3.8) is 0 Å². The van der Waals surface area contributed by atoms with E-state index in [1.807, 2.05) is 0 Å². The van der Waals surface area contributed by atoms with Crippen molar-refractivity contribution in [3.8, 4) is 0 Å². The summed E-state index contributed by atoms with van der Waals surface area (Å²) in [7, 11) is 0. The van der Waals surface area contributed by atoms with Gasteiger partial charge in [-0.3, -0.25) is 0 Å². The summed E-state index contributed by atoms with van der Waals surface area (Å²) in [4.78, 5) is 0.